The van der Waals surface area contributed by atoms with Crippen molar-refractivity contribution in [2.24, 2.45) is 0 Å². The number of benzene rings is 2. The maximum absolute atomic E-state index is 5.88. The molecular formula is C15H18N2. The third-order valence-electron chi connectivity index (χ3n) is 2.82. The molecule has 0 radical (unpaired) electrons. The summed E-state index contributed by atoms with van der Waals surface area (Å²) < 4.78 is 0. The van der Waals surface area contributed by atoms with E-state index in [2.05, 4.69) is 43.4 Å². The van der Waals surface area contributed by atoms with Gasteiger partial charge in [-0.15, -0.1) is 0 Å². The fraction of sp³-hybridized carbons (Fsp3) is 0.200. The van der Waals surface area contributed by atoms with E-state index in [1.54, 1.807) is 0 Å². The summed E-state index contributed by atoms with van der Waals surface area (Å²) in [6.07, 6.45) is 0. The van der Waals surface area contributed by atoms with Crippen molar-refractivity contribution in [1.82, 2.24) is 0 Å². The van der Waals surface area contributed by atoms with Crippen molar-refractivity contribution in [3.8, 4) is 0 Å². The highest BCUT2D eigenvalue weighted by Crippen LogP contribution is 2.24. The van der Waals surface area contributed by atoms with Crippen LogP contribution in [-0.4, -0.2) is 0 Å². The Morgan fingerprint density at radius 3 is 2.18 bits per heavy atom. The first kappa shape index (κ1) is 11.5. The first-order valence-corrected chi connectivity index (χ1v) is 5.88. The first-order chi connectivity index (χ1) is 8.16. The molecule has 0 aliphatic heterocycles. The molecule has 0 aromatic heterocycles. The third-order valence-corrected chi connectivity index (χ3v) is 2.82. The van der Waals surface area contributed by atoms with Crippen LogP contribution in [-0.2, 0) is 0 Å². The van der Waals surface area contributed by atoms with E-state index >= 15 is 0 Å². The summed E-state index contributed by atoms with van der Waals surface area (Å²) in [4.78, 5) is 0. The summed E-state index contributed by atoms with van der Waals surface area (Å²) >= 11 is 0. The van der Waals surface area contributed by atoms with Crippen LogP contribution in [0.1, 0.15) is 25.3 Å². The Kier molecular flexibility index (Phi) is 3.33. The van der Waals surface area contributed by atoms with E-state index in [1.165, 1.54) is 5.56 Å². The monoisotopic (exact) mass is 226 g/mol. The van der Waals surface area contributed by atoms with E-state index in [-0.39, 0.29) is 0 Å². The van der Waals surface area contributed by atoms with Gasteiger partial charge in [0.2, 0.25) is 0 Å². The lowest BCUT2D eigenvalue weighted by atomic mass is 10.0. The van der Waals surface area contributed by atoms with Gasteiger partial charge in [0.15, 0.2) is 0 Å². The van der Waals surface area contributed by atoms with Crippen LogP contribution < -0.4 is 11.1 Å². The van der Waals surface area contributed by atoms with Gasteiger partial charge in [0.1, 0.15) is 0 Å². The highest BCUT2D eigenvalue weighted by atomic mass is 14.9. The van der Waals surface area contributed by atoms with Gasteiger partial charge < -0.3 is 11.1 Å². The predicted molar refractivity (Wildman–Crippen MR) is 74.7 cm³/mol. The number of hydrogen-bond donors (Lipinski definition) is 2. The van der Waals surface area contributed by atoms with E-state index in [1.807, 2.05) is 24.3 Å². The van der Waals surface area contributed by atoms with Crippen molar-refractivity contribution in [3.63, 3.8) is 0 Å². The average molecular weight is 226 g/mol. The van der Waals surface area contributed by atoms with Gasteiger partial charge in [-0.2, -0.15) is 0 Å². The molecule has 2 nitrogen and oxygen atoms in total. The van der Waals surface area contributed by atoms with Gasteiger partial charge in [-0.25, -0.2) is 0 Å². The van der Waals surface area contributed by atoms with Crippen molar-refractivity contribution in [3.05, 3.63) is 54.1 Å². The standard InChI is InChI=1S/C15H18N2/c1-11(2)12-7-9-13(10-8-12)17-15-6-4-3-5-14(15)16/h3-11,17H,16H2,1-2H3. The van der Waals surface area contributed by atoms with E-state index in [4.69, 9.17) is 5.73 Å². The zero-order valence-electron chi connectivity index (χ0n) is 10.3. The van der Waals surface area contributed by atoms with Gasteiger partial charge in [0, 0.05) is 5.69 Å². The first-order valence-electron chi connectivity index (χ1n) is 5.88. The molecule has 0 aliphatic carbocycles. The summed E-state index contributed by atoms with van der Waals surface area (Å²) in [5.74, 6) is 0.561. The minimum atomic E-state index is 0.561. The fourth-order valence-corrected chi connectivity index (χ4v) is 1.72. The number of nitrogens with two attached hydrogens (primary N) is 1. The van der Waals surface area contributed by atoms with Crippen molar-refractivity contribution in [2.75, 3.05) is 11.1 Å². The Balaban J connectivity index is 2.17. The van der Waals surface area contributed by atoms with Crippen molar-refractivity contribution >= 4 is 17.1 Å². The molecule has 0 spiro atoms. The molecule has 17 heavy (non-hydrogen) atoms. The minimum absolute atomic E-state index is 0.561. The molecule has 0 amide bonds. The molecule has 0 unspecified atom stereocenters. The molecule has 2 aromatic rings. The zero-order chi connectivity index (χ0) is 12.3. The van der Waals surface area contributed by atoms with Gasteiger partial charge in [-0.05, 0) is 35.7 Å². The highest BCUT2D eigenvalue weighted by molar-refractivity contribution is 5.72. The van der Waals surface area contributed by atoms with Crippen LogP contribution in [0.4, 0.5) is 17.1 Å². The maximum Gasteiger partial charge on any atom is 0.0617 e. The Bertz CT molecular complexity index is 487. The van der Waals surface area contributed by atoms with Crippen LogP contribution in [0.15, 0.2) is 48.5 Å². The van der Waals surface area contributed by atoms with Gasteiger partial charge in [0.25, 0.3) is 0 Å². The smallest absolute Gasteiger partial charge is 0.0617 e. The Morgan fingerprint density at radius 2 is 1.59 bits per heavy atom. The van der Waals surface area contributed by atoms with Crippen molar-refractivity contribution in [2.45, 2.75) is 19.8 Å². The number of nitrogens with one attached hydrogen (secondary N) is 1. The maximum atomic E-state index is 5.88. The summed E-state index contributed by atoms with van der Waals surface area (Å²) in [5.41, 5.74) is 10.0. The highest BCUT2D eigenvalue weighted by Gasteiger charge is 2.00. The normalized spacial score (nSPS) is 10.5. The SMILES string of the molecule is CC(C)c1ccc(Nc2ccccc2N)cc1. The molecule has 0 atom stereocenters. The van der Waals surface area contributed by atoms with E-state index in [0.717, 1.165) is 17.1 Å². The van der Waals surface area contributed by atoms with Gasteiger partial charge in [-0.3, -0.25) is 0 Å². The quantitative estimate of drug-likeness (QED) is 0.772. The van der Waals surface area contributed by atoms with Crippen LogP contribution in [0.3, 0.4) is 0 Å². The van der Waals surface area contributed by atoms with Crippen LogP contribution in [0.25, 0.3) is 0 Å². The topological polar surface area (TPSA) is 38.0 Å². The second-order valence-electron chi connectivity index (χ2n) is 4.49. The molecule has 0 saturated heterocycles. The van der Waals surface area contributed by atoms with E-state index in [9.17, 15) is 0 Å². The fourth-order valence-electron chi connectivity index (χ4n) is 1.72. The molecule has 0 bridgehead atoms. The molecule has 0 saturated carbocycles. The molecule has 0 aliphatic rings. The Labute approximate surface area is 102 Å². The number of nitrogen functional groups attached to an aromatic ring is 1. The van der Waals surface area contributed by atoms with Crippen LogP contribution in [0.5, 0.6) is 0 Å². The lowest BCUT2D eigenvalue weighted by molar-refractivity contribution is 0.867. The molecule has 2 aromatic carbocycles. The number of para-hydroxylation sites is 2. The van der Waals surface area contributed by atoms with Crippen molar-refractivity contribution < 1.29 is 0 Å². The molecule has 0 heterocycles. The molecular weight excluding hydrogens is 208 g/mol. The zero-order valence-corrected chi connectivity index (χ0v) is 10.3. The van der Waals surface area contributed by atoms with Crippen LogP contribution in [0.2, 0.25) is 0 Å². The second kappa shape index (κ2) is 4.91. The number of hydrogen-bond acceptors (Lipinski definition) is 2. The van der Waals surface area contributed by atoms with Gasteiger partial charge >= 0.3 is 0 Å². The second-order valence-corrected chi connectivity index (χ2v) is 4.49. The van der Waals surface area contributed by atoms with Crippen LogP contribution in [0, 0.1) is 0 Å². The third kappa shape index (κ3) is 2.78. The van der Waals surface area contributed by atoms with Gasteiger partial charge in [-0.1, -0.05) is 38.1 Å². The lowest BCUT2D eigenvalue weighted by Gasteiger charge is -2.10. The molecule has 0 fully saturated rings. The molecule has 2 rings (SSSR count). The number of rotatable bonds is 3. The lowest BCUT2D eigenvalue weighted by Crippen LogP contribution is -1.96. The summed E-state index contributed by atoms with van der Waals surface area (Å²) in [7, 11) is 0. The van der Waals surface area contributed by atoms with Gasteiger partial charge in [0.05, 0.1) is 11.4 Å². The minimum Gasteiger partial charge on any atom is -0.397 e. The molecule has 3 N–H and O–H groups in total. The summed E-state index contributed by atoms with van der Waals surface area (Å²) in [6, 6.07) is 16.2. The van der Waals surface area contributed by atoms with Crippen LogP contribution >= 0.6 is 0 Å². The summed E-state index contributed by atoms with van der Waals surface area (Å²) in [5, 5.41) is 3.31. The average Bonchev–Trinajstić information content (AvgIpc) is 2.33. The van der Waals surface area contributed by atoms with E-state index < -0.39 is 0 Å². The number of anilines is 3. The Morgan fingerprint density at radius 1 is 0.941 bits per heavy atom. The largest absolute Gasteiger partial charge is 0.397 e. The van der Waals surface area contributed by atoms with Crippen molar-refractivity contribution in [1.29, 1.82) is 0 Å². The van der Waals surface area contributed by atoms with E-state index in [0.29, 0.717) is 5.92 Å². The molecule has 2 heteroatoms. The molecule has 88 valence electrons. The Hall–Kier alpha value is -1.96. The summed E-state index contributed by atoms with van der Waals surface area (Å²) in [6.45, 7) is 4.38. The predicted octanol–water partition coefficient (Wildman–Crippen LogP) is 4.14.